The van der Waals surface area contributed by atoms with Gasteiger partial charge in [0.2, 0.25) is 0 Å². The first kappa shape index (κ1) is 10.8. The van der Waals surface area contributed by atoms with Crippen molar-refractivity contribution in [2.24, 2.45) is 0 Å². The van der Waals surface area contributed by atoms with Crippen molar-refractivity contribution in [3.8, 4) is 0 Å². The van der Waals surface area contributed by atoms with Crippen LogP contribution in [0.1, 0.15) is 17.0 Å². The Morgan fingerprint density at radius 3 is 2.44 bits per heavy atom. The minimum atomic E-state index is 0.572. The zero-order valence-electron chi connectivity index (χ0n) is 9.39. The third-order valence-corrected chi connectivity index (χ3v) is 2.38. The molecule has 0 aliphatic rings. The largest absolute Gasteiger partial charge is 0.378 e. The Labute approximate surface area is 95.9 Å². The number of benzene rings is 1. The van der Waals surface area contributed by atoms with Gasteiger partial charge in [-0.1, -0.05) is 36.4 Å². The summed E-state index contributed by atoms with van der Waals surface area (Å²) in [6, 6.07) is 16.4. The summed E-state index contributed by atoms with van der Waals surface area (Å²) in [4.78, 5) is 4.53. The van der Waals surface area contributed by atoms with E-state index >= 15 is 0 Å². The van der Waals surface area contributed by atoms with Crippen molar-refractivity contribution in [2.45, 2.75) is 13.0 Å². The molecule has 0 atom stereocenters. The second-order valence-corrected chi connectivity index (χ2v) is 3.72. The number of methoxy groups -OCH3 is 1. The fourth-order valence-electron chi connectivity index (χ4n) is 1.66. The van der Waals surface area contributed by atoms with Crippen molar-refractivity contribution >= 4 is 0 Å². The van der Waals surface area contributed by atoms with Crippen LogP contribution in [0.15, 0.2) is 48.5 Å². The molecule has 2 rings (SSSR count). The van der Waals surface area contributed by atoms with Gasteiger partial charge in [-0.25, -0.2) is 0 Å². The Morgan fingerprint density at radius 1 is 0.938 bits per heavy atom. The molecule has 0 amide bonds. The SMILES string of the molecule is COCc1cccc(Cc2ccccc2)n1. The van der Waals surface area contributed by atoms with Crippen LogP contribution < -0.4 is 0 Å². The van der Waals surface area contributed by atoms with Gasteiger partial charge in [0, 0.05) is 19.2 Å². The molecule has 1 aromatic carbocycles. The fraction of sp³-hybridized carbons (Fsp3) is 0.214. The average molecular weight is 213 g/mol. The maximum Gasteiger partial charge on any atom is 0.0884 e. The van der Waals surface area contributed by atoms with Gasteiger partial charge in [-0.05, 0) is 17.7 Å². The van der Waals surface area contributed by atoms with Gasteiger partial charge in [0.25, 0.3) is 0 Å². The standard InChI is InChI=1S/C14H15NO/c1-16-11-14-9-5-8-13(15-14)10-12-6-3-2-4-7-12/h2-9H,10-11H2,1H3. The number of aromatic nitrogens is 1. The third kappa shape index (κ3) is 2.91. The number of hydrogen-bond donors (Lipinski definition) is 0. The minimum Gasteiger partial charge on any atom is -0.378 e. The molecule has 82 valence electrons. The summed E-state index contributed by atoms with van der Waals surface area (Å²) in [7, 11) is 1.69. The summed E-state index contributed by atoms with van der Waals surface area (Å²) in [5, 5.41) is 0. The molecule has 0 saturated carbocycles. The highest BCUT2D eigenvalue weighted by Gasteiger charge is 1.99. The summed E-state index contributed by atoms with van der Waals surface area (Å²) >= 11 is 0. The molecule has 0 unspecified atom stereocenters. The van der Waals surface area contributed by atoms with E-state index in [9.17, 15) is 0 Å². The molecule has 2 heteroatoms. The normalized spacial score (nSPS) is 10.3. The Kier molecular flexibility index (Phi) is 3.67. The lowest BCUT2D eigenvalue weighted by molar-refractivity contribution is 0.181. The summed E-state index contributed by atoms with van der Waals surface area (Å²) < 4.78 is 5.07. The van der Waals surface area contributed by atoms with E-state index in [1.54, 1.807) is 7.11 Å². The second kappa shape index (κ2) is 5.42. The first-order valence-electron chi connectivity index (χ1n) is 5.36. The average Bonchev–Trinajstić information content (AvgIpc) is 2.31. The van der Waals surface area contributed by atoms with E-state index in [-0.39, 0.29) is 0 Å². The molecule has 0 fully saturated rings. The lowest BCUT2D eigenvalue weighted by Gasteiger charge is -2.04. The molecule has 0 saturated heterocycles. The monoisotopic (exact) mass is 213 g/mol. The molecule has 0 aliphatic heterocycles. The molecule has 2 aromatic rings. The Morgan fingerprint density at radius 2 is 1.69 bits per heavy atom. The maximum atomic E-state index is 5.07. The molecule has 0 N–H and O–H groups in total. The molecule has 0 aliphatic carbocycles. The molecular formula is C14H15NO. The zero-order valence-corrected chi connectivity index (χ0v) is 9.39. The number of ether oxygens (including phenoxy) is 1. The van der Waals surface area contributed by atoms with E-state index in [2.05, 4.69) is 17.1 Å². The second-order valence-electron chi connectivity index (χ2n) is 3.72. The Bertz CT molecular complexity index is 439. The summed E-state index contributed by atoms with van der Waals surface area (Å²) in [5.41, 5.74) is 3.35. The first-order chi connectivity index (χ1) is 7.88. The maximum absolute atomic E-state index is 5.07. The fourth-order valence-corrected chi connectivity index (χ4v) is 1.66. The topological polar surface area (TPSA) is 22.1 Å². The lowest BCUT2D eigenvalue weighted by atomic mass is 10.1. The molecule has 2 nitrogen and oxygen atoms in total. The van der Waals surface area contributed by atoms with Crippen molar-refractivity contribution in [3.05, 3.63) is 65.5 Å². The Balaban J connectivity index is 2.12. The van der Waals surface area contributed by atoms with E-state index in [1.807, 2.05) is 36.4 Å². The number of rotatable bonds is 4. The zero-order chi connectivity index (χ0) is 11.2. The molecule has 0 spiro atoms. The van der Waals surface area contributed by atoms with Crippen LogP contribution in [0.3, 0.4) is 0 Å². The first-order valence-corrected chi connectivity index (χ1v) is 5.36. The van der Waals surface area contributed by atoms with Crippen LogP contribution in [0.2, 0.25) is 0 Å². The Hall–Kier alpha value is -1.67. The summed E-state index contributed by atoms with van der Waals surface area (Å²) in [6.45, 7) is 0.572. The predicted octanol–water partition coefficient (Wildman–Crippen LogP) is 2.82. The summed E-state index contributed by atoms with van der Waals surface area (Å²) in [6.07, 6.45) is 0.873. The van der Waals surface area contributed by atoms with Crippen molar-refractivity contribution in [1.29, 1.82) is 0 Å². The van der Waals surface area contributed by atoms with E-state index < -0.39 is 0 Å². The minimum absolute atomic E-state index is 0.572. The smallest absolute Gasteiger partial charge is 0.0884 e. The highest BCUT2D eigenvalue weighted by molar-refractivity contribution is 5.22. The van der Waals surface area contributed by atoms with Gasteiger partial charge >= 0.3 is 0 Å². The van der Waals surface area contributed by atoms with Gasteiger partial charge in [0.05, 0.1) is 12.3 Å². The van der Waals surface area contributed by atoms with Crippen molar-refractivity contribution in [1.82, 2.24) is 4.98 Å². The number of hydrogen-bond acceptors (Lipinski definition) is 2. The van der Waals surface area contributed by atoms with Gasteiger partial charge in [0.15, 0.2) is 0 Å². The molecule has 0 bridgehead atoms. The number of nitrogens with zero attached hydrogens (tertiary/aromatic N) is 1. The van der Waals surface area contributed by atoms with E-state index in [1.165, 1.54) is 5.56 Å². The quantitative estimate of drug-likeness (QED) is 0.779. The van der Waals surface area contributed by atoms with E-state index in [4.69, 9.17) is 4.74 Å². The van der Waals surface area contributed by atoms with Gasteiger partial charge < -0.3 is 4.74 Å². The van der Waals surface area contributed by atoms with Crippen molar-refractivity contribution < 1.29 is 4.74 Å². The molecule has 1 heterocycles. The third-order valence-electron chi connectivity index (χ3n) is 2.38. The summed E-state index contributed by atoms with van der Waals surface area (Å²) in [5.74, 6) is 0. The van der Waals surface area contributed by atoms with Crippen LogP contribution in [-0.2, 0) is 17.8 Å². The number of pyridine rings is 1. The van der Waals surface area contributed by atoms with Gasteiger partial charge in [-0.3, -0.25) is 4.98 Å². The van der Waals surface area contributed by atoms with Crippen LogP contribution in [0.4, 0.5) is 0 Å². The van der Waals surface area contributed by atoms with Crippen LogP contribution in [-0.4, -0.2) is 12.1 Å². The highest BCUT2D eigenvalue weighted by atomic mass is 16.5. The molecule has 1 aromatic heterocycles. The van der Waals surface area contributed by atoms with E-state index in [0.717, 1.165) is 17.8 Å². The van der Waals surface area contributed by atoms with Crippen molar-refractivity contribution in [3.63, 3.8) is 0 Å². The molecular weight excluding hydrogens is 198 g/mol. The van der Waals surface area contributed by atoms with Crippen molar-refractivity contribution in [2.75, 3.05) is 7.11 Å². The van der Waals surface area contributed by atoms with Crippen LogP contribution in [0.25, 0.3) is 0 Å². The van der Waals surface area contributed by atoms with Gasteiger partial charge in [-0.2, -0.15) is 0 Å². The van der Waals surface area contributed by atoms with Gasteiger partial charge in [0.1, 0.15) is 0 Å². The molecule has 16 heavy (non-hydrogen) atoms. The molecule has 0 radical (unpaired) electrons. The van der Waals surface area contributed by atoms with E-state index in [0.29, 0.717) is 6.61 Å². The van der Waals surface area contributed by atoms with Crippen LogP contribution >= 0.6 is 0 Å². The lowest BCUT2D eigenvalue weighted by Crippen LogP contribution is -1.97. The van der Waals surface area contributed by atoms with Gasteiger partial charge in [-0.15, -0.1) is 0 Å². The highest BCUT2D eigenvalue weighted by Crippen LogP contribution is 2.08. The predicted molar refractivity (Wildman–Crippen MR) is 64.2 cm³/mol. The van der Waals surface area contributed by atoms with Crippen LogP contribution in [0, 0.1) is 0 Å². The van der Waals surface area contributed by atoms with Crippen LogP contribution in [0.5, 0.6) is 0 Å².